The smallest absolute Gasteiger partial charge is 0.150 e. The summed E-state index contributed by atoms with van der Waals surface area (Å²) in [4.78, 5) is 2.51. The first-order valence-electron chi connectivity index (χ1n) is 7.28. The van der Waals surface area contributed by atoms with E-state index in [9.17, 15) is 0 Å². The van der Waals surface area contributed by atoms with Gasteiger partial charge in [-0.1, -0.05) is 13.3 Å². The Bertz CT molecular complexity index is 395. The van der Waals surface area contributed by atoms with E-state index in [0.717, 1.165) is 30.3 Å². The number of aromatic nitrogens is 2. The highest BCUT2D eigenvalue weighted by atomic mass is 15.4. The van der Waals surface area contributed by atoms with Crippen molar-refractivity contribution in [3.05, 3.63) is 5.69 Å². The summed E-state index contributed by atoms with van der Waals surface area (Å²) < 4.78 is 2.07. The van der Waals surface area contributed by atoms with Crippen molar-refractivity contribution in [2.45, 2.75) is 65.5 Å². The lowest BCUT2D eigenvalue weighted by atomic mass is 9.98. The molecule has 1 aromatic rings. The van der Waals surface area contributed by atoms with E-state index in [1.54, 1.807) is 0 Å². The van der Waals surface area contributed by atoms with E-state index in [2.05, 4.69) is 28.5 Å². The highest BCUT2D eigenvalue weighted by Gasteiger charge is 2.27. The Labute approximate surface area is 110 Å². The van der Waals surface area contributed by atoms with Crippen LogP contribution in [0, 0.1) is 6.92 Å². The van der Waals surface area contributed by atoms with Crippen molar-refractivity contribution in [1.29, 1.82) is 0 Å². The van der Waals surface area contributed by atoms with Crippen molar-refractivity contribution in [1.82, 2.24) is 9.78 Å². The van der Waals surface area contributed by atoms with Gasteiger partial charge >= 0.3 is 0 Å². The molecule has 0 spiro atoms. The van der Waals surface area contributed by atoms with Crippen LogP contribution in [0.25, 0.3) is 0 Å². The Morgan fingerprint density at radius 3 is 2.78 bits per heavy atom. The highest BCUT2D eigenvalue weighted by Crippen LogP contribution is 2.33. The number of nitrogens with two attached hydrogens (primary N) is 1. The minimum Gasteiger partial charge on any atom is -0.394 e. The number of nitrogens with zero attached hydrogens (tertiary/aromatic N) is 3. The zero-order valence-corrected chi connectivity index (χ0v) is 11.9. The van der Waals surface area contributed by atoms with Gasteiger partial charge in [0, 0.05) is 19.1 Å². The molecule has 102 valence electrons. The summed E-state index contributed by atoms with van der Waals surface area (Å²) >= 11 is 0. The molecule has 0 amide bonds. The van der Waals surface area contributed by atoms with Crippen LogP contribution in [-0.4, -0.2) is 22.4 Å². The third-order valence-corrected chi connectivity index (χ3v) is 3.97. The van der Waals surface area contributed by atoms with Crippen molar-refractivity contribution < 1.29 is 0 Å². The van der Waals surface area contributed by atoms with Gasteiger partial charge in [0.2, 0.25) is 0 Å². The highest BCUT2D eigenvalue weighted by molar-refractivity contribution is 5.66. The topological polar surface area (TPSA) is 47.1 Å². The Morgan fingerprint density at radius 2 is 2.11 bits per heavy atom. The SMILES string of the molecule is CCCC1CCCCN1c1c(N)c(C)nn1CC. The van der Waals surface area contributed by atoms with Crippen LogP contribution in [0.5, 0.6) is 0 Å². The van der Waals surface area contributed by atoms with Gasteiger partial charge in [-0.3, -0.25) is 0 Å². The van der Waals surface area contributed by atoms with Crippen molar-refractivity contribution in [2.24, 2.45) is 0 Å². The van der Waals surface area contributed by atoms with Crippen LogP contribution in [0.4, 0.5) is 11.5 Å². The molecule has 2 heterocycles. The number of anilines is 2. The molecule has 0 saturated carbocycles. The van der Waals surface area contributed by atoms with Crippen molar-refractivity contribution in [3.8, 4) is 0 Å². The molecule has 4 nitrogen and oxygen atoms in total. The summed E-state index contributed by atoms with van der Waals surface area (Å²) in [6.07, 6.45) is 6.41. The van der Waals surface area contributed by atoms with Crippen LogP contribution in [0.15, 0.2) is 0 Å². The van der Waals surface area contributed by atoms with Gasteiger partial charge in [0.1, 0.15) is 0 Å². The molecule has 2 N–H and O–H groups in total. The molecule has 0 radical (unpaired) electrons. The summed E-state index contributed by atoms with van der Waals surface area (Å²) in [6, 6.07) is 0.646. The summed E-state index contributed by atoms with van der Waals surface area (Å²) in [5, 5.41) is 4.55. The predicted octanol–water partition coefficient (Wildman–Crippen LogP) is 2.95. The maximum Gasteiger partial charge on any atom is 0.150 e. The standard InChI is InChI=1S/C14H26N4/c1-4-8-12-9-6-7-10-17(12)14-13(15)11(3)16-18(14)5-2/h12H,4-10,15H2,1-3H3. The third-order valence-electron chi connectivity index (χ3n) is 3.97. The zero-order chi connectivity index (χ0) is 13.1. The van der Waals surface area contributed by atoms with Gasteiger partial charge in [-0.05, 0) is 39.5 Å². The predicted molar refractivity (Wildman–Crippen MR) is 76.9 cm³/mol. The normalized spacial score (nSPS) is 20.4. The molecule has 0 aromatic carbocycles. The number of rotatable bonds is 4. The monoisotopic (exact) mass is 250 g/mol. The largest absolute Gasteiger partial charge is 0.394 e. The van der Waals surface area contributed by atoms with Gasteiger partial charge in [-0.2, -0.15) is 5.10 Å². The van der Waals surface area contributed by atoms with Crippen LogP contribution < -0.4 is 10.6 Å². The van der Waals surface area contributed by atoms with Gasteiger partial charge in [-0.15, -0.1) is 0 Å². The van der Waals surface area contributed by atoms with Crippen molar-refractivity contribution in [2.75, 3.05) is 17.2 Å². The van der Waals surface area contributed by atoms with Crippen LogP contribution >= 0.6 is 0 Å². The van der Waals surface area contributed by atoms with E-state index in [1.165, 1.54) is 32.1 Å². The van der Waals surface area contributed by atoms with Crippen LogP contribution in [0.3, 0.4) is 0 Å². The van der Waals surface area contributed by atoms with E-state index in [-0.39, 0.29) is 0 Å². The minimum atomic E-state index is 0.646. The molecule has 0 aliphatic carbocycles. The summed E-state index contributed by atoms with van der Waals surface area (Å²) in [6.45, 7) is 8.42. The third kappa shape index (κ3) is 2.33. The molecule has 1 saturated heterocycles. The maximum atomic E-state index is 6.24. The minimum absolute atomic E-state index is 0.646. The number of aryl methyl sites for hydroxylation is 2. The van der Waals surface area contributed by atoms with Crippen LogP contribution in [-0.2, 0) is 6.54 Å². The Balaban J connectivity index is 2.32. The number of nitrogen functional groups attached to an aromatic ring is 1. The summed E-state index contributed by atoms with van der Waals surface area (Å²) in [7, 11) is 0. The molecule has 0 bridgehead atoms. The zero-order valence-electron chi connectivity index (χ0n) is 11.9. The van der Waals surface area contributed by atoms with Crippen molar-refractivity contribution >= 4 is 11.5 Å². The second-order valence-electron chi connectivity index (χ2n) is 5.27. The second kappa shape index (κ2) is 5.63. The van der Waals surface area contributed by atoms with E-state index < -0.39 is 0 Å². The Kier molecular flexibility index (Phi) is 4.15. The Hall–Kier alpha value is -1.19. The molecule has 1 aromatic heterocycles. The van der Waals surface area contributed by atoms with Gasteiger partial charge in [0.15, 0.2) is 5.82 Å². The van der Waals surface area contributed by atoms with Crippen LogP contribution in [0.1, 0.15) is 51.6 Å². The maximum absolute atomic E-state index is 6.24. The fraction of sp³-hybridized carbons (Fsp3) is 0.786. The van der Waals surface area contributed by atoms with Gasteiger partial charge in [0.25, 0.3) is 0 Å². The molecule has 1 unspecified atom stereocenters. The van der Waals surface area contributed by atoms with E-state index in [0.29, 0.717) is 6.04 Å². The lowest BCUT2D eigenvalue weighted by Gasteiger charge is -2.37. The van der Waals surface area contributed by atoms with E-state index >= 15 is 0 Å². The summed E-state index contributed by atoms with van der Waals surface area (Å²) in [5.74, 6) is 1.16. The average molecular weight is 250 g/mol. The molecule has 1 fully saturated rings. The van der Waals surface area contributed by atoms with Gasteiger partial charge < -0.3 is 10.6 Å². The van der Waals surface area contributed by atoms with Crippen molar-refractivity contribution in [3.63, 3.8) is 0 Å². The first-order valence-corrected chi connectivity index (χ1v) is 7.28. The molecule has 4 heteroatoms. The van der Waals surface area contributed by atoms with Gasteiger partial charge in [-0.25, -0.2) is 4.68 Å². The molecule has 18 heavy (non-hydrogen) atoms. The first kappa shape index (κ1) is 13.2. The molecule has 1 atom stereocenters. The molecular weight excluding hydrogens is 224 g/mol. The fourth-order valence-electron chi connectivity index (χ4n) is 3.02. The summed E-state index contributed by atoms with van der Waals surface area (Å²) in [5.41, 5.74) is 8.08. The molecule has 2 rings (SSSR count). The van der Waals surface area contributed by atoms with Gasteiger partial charge in [0.05, 0.1) is 11.4 Å². The quantitative estimate of drug-likeness (QED) is 0.893. The lowest BCUT2D eigenvalue weighted by molar-refractivity contribution is 0.424. The molecule has 1 aliphatic heterocycles. The number of hydrogen-bond donors (Lipinski definition) is 1. The van der Waals surface area contributed by atoms with Crippen LogP contribution in [0.2, 0.25) is 0 Å². The molecule has 1 aliphatic rings. The first-order chi connectivity index (χ1) is 8.69. The Morgan fingerprint density at radius 1 is 1.33 bits per heavy atom. The molecular formula is C14H26N4. The second-order valence-corrected chi connectivity index (χ2v) is 5.27. The number of piperidine rings is 1. The fourth-order valence-corrected chi connectivity index (χ4v) is 3.02. The number of hydrogen-bond acceptors (Lipinski definition) is 3. The average Bonchev–Trinajstić information content (AvgIpc) is 2.67. The lowest BCUT2D eigenvalue weighted by Crippen LogP contribution is -2.41. The van der Waals surface area contributed by atoms with E-state index in [4.69, 9.17) is 5.73 Å². The van der Waals surface area contributed by atoms with E-state index in [1.807, 2.05) is 6.92 Å².